The molecule has 0 aromatic heterocycles. The number of rotatable bonds is 10. The molecule has 1 atom stereocenters. The molecule has 0 spiro atoms. The SMILES string of the molecule is CCCCOCC(O)CNCC1(OC)CCC1. The fraction of sp³-hybridized carbons (Fsp3) is 1.00. The van der Waals surface area contributed by atoms with E-state index in [1.54, 1.807) is 7.11 Å². The van der Waals surface area contributed by atoms with E-state index in [-0.39, 0.29) is 5.60 Å². The van der Waals surface area contributed by atoms with Crippen molar-refractivity contribution in [2.24, 2.45) is 0 Å². The minimum Gasteiger partial charge on any atom is -0.389 e. The first kappa shape index (κ1) is 14.9. The molecule has 1 unspecified atom stereocenters. The van der Waals surface area contributed by atoms with Crippen LogP contribution in [0.1, 0.15) is 39.0 Å². The summed E-state index contributed by atoms with van der Waals surface area (Å²) in [6.07, 6.45) is 5.27. The second-order valence-electron chi connectivity index (χ2n) is 4.95. The van der Waals surface area contributed by atoms with Gasteiger partial charge in [-0.3, -0.25) is 0 Å². The lowest BCUT2D eigenvalue weighted by molar-refractivity contribution is -0.0712. The Morgan fingerprint density at radius 2 is 2.18 bits per heavy atom. The molecule has 102 valence electrons. The van der Waals surface area contributed by atoms with Crippen LogP contribution in [0.4, 0.5) is 0 Å². The van der Waals surface area contributed by atoms with Crippen LogP contribution in [0, 0.1) is 0 Å². The maximum absolute atomic E-state index is 9.68. The number of aliphatic hydroxyl groups is 1. The van der Waals surface area contributed by atoms with Crippen LogP contribution in [0.5, 0.6) is 0 Å². The van der Waals surface area contributed by atoms with Gasteiger partial charge in [-0.05, 0) is 25.7 Å². The van der Waals surface area contributed by atoms with E-state index in [0.29, 0.717) is 13.2 Å². The lowest BCUT2D eigenvalue weighted by Crippen LogP contribution is -2.49. The third-order valence-corrected chi connectivity index (χ3v) is 3.48. The molecule has 1 aliphatic rings. The first-order valence-electron chi connectivity index (χ1n) is 6.74. The smallest absolute Gasteiger partial charge is 0.0897 e. The largest absolute Gasteiger partial charge is 0.389 e. The fourth-order valence-corrected chi connectivity index (χ4v) is 2.02. The van der Waals surface area contributed by atoms with E-state index in [2.05, 4.69) is 12.2 Å². The number of ether oxygens (including phenoxy) is 2. The maximum atomic E-state index is 9.68. The van der Waals surface area contributed by atoms with Crippen LogP contribution in [0.2, 0.25) is 0 Å². The molecule has 1 fully saturated rings. The fourth-order valence-electron chi connectivity index (χ4n) is 2.02. The summed E-state index contributed by atoms with van der Waals surface area (Å²) in [6.45, 7) is 4.71. The topological polar surface area (TPSA) is 50.7 Å². The van der Waals surface area contributed by atoms with Crippen molar-refractivity contribution >= 4 is 0 Å². The van der Waals surface area contributed by atoms with Gasteiger partial charge in [-0.1, -0.05) is 13.3 Å². The molecule has 4 heteroatoms. The number of hydrogen-bond donors (Lipinski definition) is 2. The Balaban J connectivity index is 1.98. The Kier molecular flexibility index (Phi) is 7.04. The van der Waals surface area contributed by atoms with Gasteiger partial charge in [-0.15, -0.1) is 0 Å². The molecule has 1 saturated carbocycles. The number of aliphatic hydroxyl groups excluding tert-OH is 1. The Labute approximate surface area is 105 Å². The summed E-state index contributed by atoms with van der Waals surface area (Å²) in [5.41, 5.74) is 0.0305. The van der Waals surface area contributed by atoms with Crippen molar-refractivity contribution in [1.29, 1.82) is 0 Å². The van der Waals surface area contributed by atoms with Gasteiger partial charge >= 0.3 is 0 Å². The highest BCUT2D eigenvalue weighted by Gasteiger charge is 2.36. The lowest BCUT2D eigenvalue weighted by atomic mass is 9.80. The molecule has 0 saturated heterocycles. The van der Waals surface area contributed by atoms with Crippen LogP contribution < -0.4 is 5.32 Å². The van der Waals surface area contributed by atoms with Gasteiger partial charge in [-0.25, -0.2) is 0 Å². The van der Waals surface area contributed by atoms with Crippen LogP contribution in [0.25, 0.3) is 0 Å². The third kappa shape index (κ3) is 5.34. The normalized spacial score (nSPS) is 19.9. The van der Waals surface area contributed by atoms with E-state index >= 15 is 0 Å². The molecule has 1 rings (SSSR count). The summed E-state index contributed by atoms with van der Waals surface area (Å²) in [7, 11) is 1.77. The summed E-state index contributed by atoms with van der Waals surface area (Å²) >= 11 is 0. The van der Waals surface area contributed by atoms with Crippen molar-refractivity contribution < 1.29 is 14.6 Å². The van der Waals surface area contributed by atoms with E-state index < -0.39 is 6.10 Å². The molecule has 0 heterocycles. The molecule has 0 aromatic rings. The first-order chi connectivity index (χ1) is 8.22. The minimum absolute atomic E-state index is 0.0305. The van der Waals surface area contributed by atoms with Gasteiger partial charge in [0.2, 0.25) is 0 Å². The number of unbranched alkanes of at least 4 members (excludes halogenated alkanes) is 1. The molecular formula is C13H27NO3. The maximum Gasteiger partial charge on any atom is 0.0897 e. The second kappa shape index (κ2) is 8.03. The quantitative estimate of drug-likeness (QED) is 0.570. The van der Waals surface area contributed by atoms with E-state index in [1.165, 1.54) is 6.42 Å². The number of nitrogens with one attached hydrogen (secondary N) is 1. The van der Waals surface area contributed by atoms with Crippen LogP contribution in [0.3, 0.4) is 0 Å². The molecule has 0 radical (unpaired) electrons. The average molecular weight is 245 g/mol. The molecule has 0 aliphatic heterocycles. The molecule has 0 bridgehead atoms. The van der Waals surface area contributed by atoms with Crippen molar-refractivity contribution in [3.05, 3.63) is 0 Å². The van der Waals surface area contributed by atoms with E-state index in [4.69, 9.17) is 9.47 Å². The molecule has 0 aromatic carbocycles. The van der Waals surface area contributed by atoms with Crippen molar-refractivity contribution in [2.45, 2.75) is 50.7 Å². The van der Waals surface area contributed by atoms with Crippen molar-refractivity contribution in [1.82, 2.24) is 5.32 Å². The molecular weight excluding hydrogens is 218 g/mol. The first-order valence-corrected chi connectivity index (χ1v) is 6.74. The monoisotopic (exact) mass is 245 g/mol. The minimum atomic E-state index is -0.416. The van der Waals surface area contributed by atoms with E-state index in [0.717, 1.165) is 38.8 Å². The zero-order chi connectivity index (χ0) is 12.6. The molecule has 0 amide bonds. The van der Waals surface area contributed by atoms with Gasteiger partial charge < -0.3 is 19.9 Å². The third-order valence-electron chi connectivity index (χ3n) is 3.48. The summed E-state index contributed by atoms with van der Waals surface area (Å²) < 4.78 is 10.9. The Hall–Kier alpha value is -0.160. The Morgan fingerprint density at radius 1 is 1.41 bits per heavy atom. The molecule has 1 aliphatic carbocycles. The highest BCUT2D eigenvalue weighted by molar-refractivity contribution is 4.91. The van der Waals surface area contributed by atoms with Gasteiger partial charge in [0.25, 0.3) is 0 Å². The van der Waals surface area contributed by atoms with Crippen LogP contribution in [0.15, 0.2) is 0 Å². The Morgan fingerprint density at radius 3 is 2.71 bits per heavy atom. The summed E-state index contributed by atoms with van der Waals surface area (Å²) in [5.74, 6) is 0. The predicted molar refractivity (Wildman–Crippen MR) is 68.2 cm³/mol. The van der Waals surface area contributed by atoms with Gasteiger partial charge in [-0.2, -0.15) is 0 Å². The van der Waals surface area contributed by atoms with Crippen molar-refractivity contribution in [2.75, 3.05) is 33.4 Å². The second-order valence-corrected chi connectivity index (χ2v) is 4.95. The van der Waals surface area contributed by atoms with Crippen LogP contribution in [-0.2, 0) is 9.47 Å². The van der Waals surface area contributed by atoms with Crippen molar-refractivity contribution in [3.63, 3.8) is 0 Å². The Bertz CT molecular complexity index is 190. The van der Waals surface area contributed by atoms with E-state index in [9.17, 15) is 5.11 Å². The van der Waals surface area contributed by atoms with Gasteiger partial charge in [0, 0.05) is 26.8 Å². The average Bonchev–Trinajstić information content (AvgIpc) is 2.28. The zero-order valence-electron chi connectivity index (χ0n) is 11.2. The summed E-state index contributed by atoms with van der Waals surface area (Å²) in [6, 6.07) is 0. The summed E-state index contributed by atoms with van der Waals surface area (Å²) in [4.78, 5) is 0. The van der Waals surface area contributed by atoms with Gasteiger partial charge in [0.1, 0.15) is 0 Å². The lowest BCUT2D eigenvalue weighted by Gasteiger charge is -2.40. The molecule has 17 heavy (non-hydrogen) atoms. The zero-order valence-corrected chi connectivity index (χ0v) is 11.2. The van der Waals surface area contributed by atoms with Crippen LogP contribution >= 0.6 is 0 Å². The molecule has 4 nitrogen and oxygen atoms in total. The van der Waals surface area contributed by atoms with Crippen molar-refractivity contribution in [3.8, 4) is 0 Å². The number of hydrogen-bond acceptors (Lipinski definition) is 4. The summed E-state index contributed by atoms with van der Waals surface area (Å²) in [5, 5.41) is 12.9. The highest BCUT2D eigenvalue weighted by atomic mass is 16.5. The molecule has 2 N–H and O–H groups in total. The van der Waals surface area contributed by atoms with Gasteiger partial charge in [0.05, 0.1) is 18.3 Å². The number of methoxy groups -OCH3 is 1. The standard InChI is InChI=1S/C13H27NO3/c1-3-4-8-17-10-12(15)9-14-11-13(16-2)6-5-7-13/h12,14-15H,3-11H2,1-2H3. The van der Waals surface area contributed by atoms with E-state index in [1.807, 2.05) is 0 Å². The predicted octanol–water partition coefficient (Wildman–Crippen LogP) is 1.32. The van der Waals surface area contributed by atoms with Gasteiger partial charge in [0.15, 0.2) is 0 Å². The highest BCUT2D eigenvalue weighted by Crippen LogP contribution is 2.34. The van der Waals surface area contributed by atoms with Crippen LogP contribution in [-0.4, -0.2) is 50.2 Å².